The highest BCUT2D eigenvalue weighted by Gasteiger charge is 2.09. The molecule has 0 spiro atoms. The first kappa shape index (κ1) is 15.4. The zero-order chi connectivity index (χ0) is 15.2. The Hall–Kier alpha value is -2.01. The van der Waals surface area contributed by atoms with Crippen molar-refractivity contribution in [2.45, 2.75) is 33.0 Å². The van der Waals surface area contributed by atoms with Gasteiger partial charge in [0.15, 0.2) is 0 Å². The van der Waals surface area contributed by atoms with Gasteiger partial charge >= 0.3 is 0 Å². The van der Waals surface area contributed by atoms with Crippen LogP contribution in [0.2, 0.25) is 0 Å². The summed E-state index contributed by atoms with van der Waals surface area (Å²) in [7, 11) is 3.58. The molecule has 1 aromatic carbocycles. The molecule has 0 bridgehead atoms. The van der Waals surface area contributed by atoms with Gasteiger partial charge < -0.3 is 19.4 Å². The van der Waals surface area contributed by atoms with E-state index >= 15 is 0 Å². The van der Waals surface area contributed by atoms with Crippen molar-refractivity contribution in [2.24, 2.45) is 0 Å². The average Bonchev–Trinajstić information content (AvgIpc) is 2.95. The summed E-state index contributed by atoms with van der Waals surface area (Å²) in [6.07, 6.45) is 3.68. The molecule has 0 aliphatic heterocycles. The maximum Gasteiger partial charge on any atom is 0.130 e. The summed E-state index contributed by atoms with van der Waals surface area (Å²) in [6, 6.07) is 6.25. The SMILES string of the molecule is CNCc1ccc(OC)cc1OCc1cncn1C(C)C. The molecule has 0 aliphatic rings. The van der Waals surface area contributed by atoms with Gasteiger partial charge in [0.25, 0.3) is 0 Å². The van der Waals surface area contributed by atoms with Gasteiger partial charge in [-0.2, -0.15) is 0 Å². The highest BCUT2D eigenvalue weighted by atomic mass is 16.5. The van der Waals surface area contributed by atoms with E-state index in [2.05, 4.69) is 28.7 Å². The maximum atomic E-state index is 5.99. The van der Waals surface area contributed by atoms with E-state index in [0.29, 0.717) is 12.6 Å². The van der Waals surface area contributed by atoms with Crippen LogP contribution in [0.4, 0.5) is 0 Å². The molecule has 5 nitrogen and oxygen atoms in total. The molecule has 1 N–H and O–H groups in total. The molecule has 114 valence electrons. The van der Waals surface area contributed by atoms with Crippen LogP contribution in [0.25, 0.3) is 0 Å². The fourth-order valence-corrected chi connectivity index (χ4v) is 2.19. The molecule has 5 heteroatoms. The predicted molar refractivity (Wildman–Crippen MR) is 82.7 cm³/mol. The Morgan fingerprint density at radius 2 is 2.14 bits per heavy atom. The topological polar surface area (TPSA) is 48.3 Å². The quantitative estimate of drug-likeness (QED) is 0.851. The molecule has 0 fully saturated rings. The lowest BCUT2D eigenvalue weighted by molar-refractivity contribution is 0.286. The average molecular weight is 289 g/mol. The highest BCUT2D eigenvalue weighted by Crippen LogP contribution is 2.26. The van der Waals surface area contributed by atoms with Crippen molar-refractivity contribution in [3.63, 3.8) is 0 Å². The van der Waals surface area contributed by atoms with Crippen LogP contribution in [0.3, 0.4) is 0 Å². The highest BCUT2D eigenvalue weighted by molar-refractivity contribution is 5.40. The summed E-state index contributed by atoms with van der Waals surface area (Å²) in [5, 5.41) is 3.15. The van der Waals surface area contributed by atoms with Gasteiger partial charge in [-0.3, -0.25) is 0 Å². The molecule has 0 saturated carbocycles. The zero-order valence-corrected chi connectivity index (χ0v) is 13.1. The third-order valence-electron chi connectivity index (χ3n) is 3.32. The van der Waals surface area contributed by atoms with Gasteiger partial charge in [-0.05, 0) is 27.0 Å². The molecule has 0 saturated heterocycles. The van der Waals surface area contributed by atoms with Crippen molar-refractivity contribution in [3.8, 4) is 11.5 Å². The molecule has 0 atom stereocenters. The monoisotopic (exact) mass is 289 g/mol. The van der Waals surface area contributed by atoms with E-state index in [1.165, 1.54) is 0 Å². The summed E-state index contributed by atoms with van der Waals surface area (Å²) in [5.74, 6) is 1.63. The predicted octanol–water partition coefficient (Wildman–Crippen LogP) is 2.77. The molecule has 0 radical (unpaired) electrons. The number of benzene rings is 1. The Labute approximate surface area is 125 Å². The van der Waals surface area contributed by atoms with E-state index in [4.69, 9.17) is 9.47 Å². The second kappa shape index (κ2) is 7.13. The van der Waals surface area contributed by atoms with Crippen LogP contribution in [0.5, 0.6) is 11.5 Å². The number of nitrogens with one attached hydrogen (secondary N) is 1. The number of rotatable bonds is 7. The van der Waals surface area contributed by atoms with Crippen molar-refractivity contribution < 1.29 is 9.47 Å². The first-order chi connectivity index (χ1) is 10.2. The summed E-state index contributed by atoms with van der Waals surface area (Å²) < 4.78 is 13.4. The van der Waals surface area contributed by atoms with Gasteiger partial charge in [0.2, 0.25) is 0 Å². The van der Waals surface area contributed by atoms with E-state index in [-0.39, 0.29) is 0 Å². The first-order valence-electron chi connectivity index (χ1n) is 7.10. The fraction of sp³-hybridized carbons (Fsp3) is 0.438. The van der Waals surface area contributed by atoms with Crippen LogP contribution in [-0.4, -0.2) is 23.7 Å². The van der Waals surface area contributed by atoms with Gasteiger partial charge in [0, 0.05) is 24.2 Å². The van der Waals surface area contributed by atoms with Crippen LogP contribution in [-0.2, 0) is 13.2 Å². The molecule has 1 aromatic heterocycles. The minimum Gasteiger partial charge on any atom is -0.497 e. The minimum atomic E-state index is 0.369. The Morgan fingerprint density at radius 1 is 1.33 bits per heavy atom. The third kappa shape index (κ3) is 3.76. The second-order valence-corrected chi connectivity index (χ2v) is 5.18. The largest absolute Gasteiger partial charge is 0.497 e. The van der Waals surface area contributed by atoms with Crippen molar-refractivity contribution in [1.82, 2.24) is 14.9 Å². The Balaban J connectivity index is 2.16. The second-order valence-electron chi connectivity index (χ2n) is 5.18. The van der Waals surface area contributed by atoms with Crippen LogP contribution < -0.4 is 14.8 Å². The number of hydrogen-bond donors (Lipinski definition) is 1. The van der Waals surface area contributed by atoms with Crippen molar-refractivity contribution >= 4 is 0 Å². The Bertz CT molecular complexity index is 579. The van der Waals surface area contributed by atoms with E-state index in [1.807, 2.05) is 37.8 Å². The van der Waals surface area contributed by atoms with E-state index < -0.39 is 0 Å². The minimum absolute atomic E-state index is 0.369. The summed E-state index contributed by atoms with van der Waals surface area (Å²) >= 11 is 0. The van der Waals surface area contributed by atoms with Crippen LogP contribution >= 0.6 is 0 Å². The lowest BCUT2D eigenvalue weighted by atomic mass is 10.2. The van der Waals surface area contributed by atoms with Crippen molar-refractivity contribution in [1.29, 1.82) is 0 Å². The Kier molecular flexibility index (Phi) is 5.22. The van der Waals surface area contributed by atoms with Crippen LogP contribution in [0.15, 0.2) is 30.7 Å². The van der Waals surface area contributed by atoms with Gasteiger partial charge in [0.1, 0.15) is 18.1 Å². The zero-order valence-electron chi connectivity index (χ0n) is 13.1. The number of methoxy groups -OCH3 is 1. The van der Waals surface area contributed by atoms with E-state index in [0.717, 1.165) is 29.3 Å². The maximum absolute atomic E-state index is 5.99. The lowest BCUT2D eigenvalue weighted by Crippen LogP contribution is -2.10. The third-order valence-corrected chi connectivity index (χ3v) is 3.32. The molecular weight excluding hydrogens is 266 g/mol. The summed E-state index contributed by atoms with van der Waals surface area (Å²) in [6.45, 7) is 5.50. The number of imidazole rings is 1. The lowest BCUT2D eigenvalue weighted by Gasteiger charge is -2.15. The molecule has 0 aliphatic carbocycles. The molecule has 1 heterocycles. The molecule has 2 aromatic rings. The smallest absolute Gasteiger partial charge is 0.130 e. The normalized spacial score (nSPS) is 10.9. The van der Waals surface area contributed by atoms with Gasteiger partial charge in [-0.25, -0.2) is 4.98 Å². The van der Waals surface area contributed by atoms with E-state index in [1.54, 1.807) is 7.11 Å². The van der Waals surface area contributed by atoms with Crippen LogP contribution in [0, 0.1) is 0 Å². The van der Waals surface area contributed by atoms with Crippen LogP contribution in [0.1, 0.15) is 31.1 Å². The standard InChI is InChI=1S/C16H23N3O2/c1-12(2)19-11-18-9-14(19)10-21-16-7-15(20-4)6-5-13(16)8-17-3/h5-7,9,11-12,17H,8,10H2,1-4H3. The Morgan fingerprint density at radius 3 is 2.81 bits per heavy atom. The number of ether oxygens (including phenoxy) is 2. The number of hydrogen-bond acceptors (Lipinski definition) is 4. The van der Waals surface area contributed by atoms with E-state index in [9.17, 15) is 0 Å². The molecule has 0 amide bonds. The first-order valence-corrected chi connectivity index (χ1v) is 7.10. The number of nitrogens with zero attached hydrogens (tertiary/aromatic N) is 2. The molecule has 2 rings (SSSR count). The van der Waals surface area contributed by atoms with Crippen molar-refractivity contribution in [2.75, 3.05) is 14.2 Å². The van der Waals surface area contributed by atoms with Crippen molar-refractivity contribution in [3.05, 3.63) is 42.0 Å². The molecular formula is C16H23N3O2. The molecule has 0 unspecified atom stereocenters. The summed E-state index contributed by atoms with van der Waals surface area (Å²) in [4.78, 5) is 4.19. The van der Waals surface area contributed by atoms with Gasteiger partial charge in [-0.1, -0.05) is 6.07 Å². The van der Waals surface area contributed by atoms with Gasteiger partial charge in [-0.15, -0.1) is 0 Å². The van der Waals surface area contributed by atoms with Gasteiger partial charge in [0.05, 0.1) is 25.3 Å². The number of aromatic nitrogens is 2. The fourth-order valence-electron chi connectivity index (χ4n) is 2.19. The molecule has 21 heavy (non-hydrogen) atoms. The summed E-state index contributed by atoms with van der Waals surface area (Å²) in [5.41, 5.74) is 2.16.